The molecule has 0 aromatic rings. The van der Waals surface area contributed by atoms with Crippen molar-refractivity contribution in [3.05, 3.63) is 0 Å². The van der Waals surface area contributed by atoms with Gasteiger partial charge < -0.3 is 10.6 Å². The second-order valence-electron chi connectivity index (χ2n) is 4.42. The summed E-state index contributed by atoms with van der Waals surface area (Å²) in [5.41, 5.74) is -0.103. The van der Waals surface area contributed by atoms with Crippen LogP contribution in [-0.4, -0.2) is 24.0 Å². The van der Waals surface area contributed by atoms with E-state index in [4.69, 9.17) is 0 Å². The lowest BCUT2D eigenvalue weighted by atomic mass is 10.0. The SMILES string of the molecule is CC(=O)NC(C)(C)CCNC(C)C. The molecule has 2 N–H and O–H groups in total. The van der Waals surface area contributed by atoms with Crippen molar-refractivity contribution < 1.29 is 4.79 Å². The lowest BCUT2D eigenvalue weighted by Gasteiger charge is -2.26. The average molecular weight is 186 g/mol. The van der Waals surface area contributed by atoms with Crippen molar-refractivity contribution >= 4 is 5.91 Å². The molecule has 3 nitrogen and oxygen atoms in total. The fraction of sp³-hybridized carbons (Fsp3) is 0.900. The van der Waals surface area contributed by atoms with Gasteiger partial charge in [-0.05, 0) is 26.8 Å². The van der Waals surface area contributed by atoms with Gasteiger partial charge in [0.2, 0.25) is 5.91 Å². The van der Waals surface area contributed by atoms with Gasteiger partial charge in [-0.3, -0.25) is 4.79 Å². The van der Waals surface area contributed by atoms with Gasteiger partial charge in [0.05, 0.1) is 0 Å². The molecule has 0 rings (SSSR count). The largest absolute Gasteiger partial charge is 0.351 e. The van der Waals surface area contributed by atoms with Crippen molar-refractivity contribution in [1.82, 2.24) is 10.6 Å². The zero-order chi connectivity index (χ0) is 10.5. The van der Waals surface area contributed by atoms with Gasteiger partial charge >= 0.3 is 0 Å². The van der Waals surface area contributed by atoms with E-state index in [1.807, 2.05) is 13.8 Å². The van der Waals surface area contributed by atoms with Crippen LogP contribution in [0.2, 0.25) is 0 Å². The summed E-state index contributed by atoms with van der Waals surface area (Å²) < 4.78 is 0. The highest BCUT2D eigenvalue weighted by molar-refractivity contribution is 5.73. The molecule has 0 unspecified atom stereocenters. The Morgan fingerprint density at radius 2 is 1.92 bits per heavy atom. The third kappa shape index (κ3) is 7.78. The van der Waals surface area contributed by atoms with E-state index in [1.54, 1.807) is 6.92 Å². The maximum absolute atomic E-state index is 10.8. The zero-order valence-corrected chi connectivity index (χ0v) is 9.40. The molecule has 0 saturated carbocycles. The second kappa shape index (κ2) is 5.22. The van der Waals surface area contributed by atoms with E-state index in [2.05, 4.69) is 24.5 Å². The Morgan fingerprint density at radius 1 is 1.38 bits per heavy atom. The molecular weight excluding hydrogens is 164 g/mol. The maximum atomic E-state index is 10.8. The molecular formula is C10H22N2O. The number of rotatable bonds is 5. The summed E-state index contributed by atoms with van der Waals surface area (Å²) in [6.45, 7) is 10.8. The fourth-order valence-corrected chi connectivity index (χ4v) is 1.21. The molecule has 0 aliphatic heterocycles. The fourth-order valence-electron chi connectivity index (χ4n) is 1.21. The standard InChI is InChI=1S/C10H22N2O/c1-8(2)11-7-6-10(4,5)12-9(3)13/h8,11H,6-7H2,1-5H3,(H,12,13). The summed E-state index contributed by atoms with van der Waals surface area (Å²) >= 11 is 0. The van der Waals surface area contributed by atoms with Crippen LogP contribution < -0.4 is 10.6 Å². The molecule has 0 aromatic heterocycles. The first kappa shape index (κ1) is 12.4. The van der Waals surface area contributed by atoms with Gasteiger partial charge in [0.1, 0.15) is 0 Å². The molecule has 0 aliphatic carbocycles. The Morgan fingerprint density at radius 3 is 2.31 bits per heavy atom. The molecule has 0 aromatic carbocycles. The summed E-state index contributed by atoms with van der Waals surface area (Å²) in [6, 6.07) is 0.508. The number of amides is 1. The molecule has 0 bridgehead atoms. The van der Waals surface area contributed by atoms with Crippen LogP contribution in [0.4, 0.5) is 0 Å². The van der Waals surface area contributed by atoms with Crippen molar-refractivity contribution in [3.8, 4) is 0 Å². The topological polar surface area (TPSA) is 41.1 Å². The molecule has 0 heterocycles. The monoisotopic (exact) mass is 186 g/mol. The van der Waals surface area contributed by atoms with Crippen molar-refractivity contribution in [3.63, 3.8) is 0 Å². The van der Waals surface area contributed by atoms with E-state index in [9.17, 15) is 4.79 Å². The Kier molecular flexibility index (Phi) is 4.99. The predicted octanol–water partition coefficient (Wildman–Crippen LogP) is 1.29. The Labute approximate surface area is 81.3 Å². The molecule has 13 heavy (non-hydrogen) atoms. The number of carbonyl (C=O) groups excluding carboxylic acids is 1. The molecule has 0 radical (unpaired) electrons. The van der Waals surface area contributed by atoms with Crippen LogP contribution in [0.25, 0.3) is 0 Å². The minimum absolute atomic E-state index is 0.0366. The summed E-state index contributed by atoms with van der Waals surface area (Å²) in [5, 5.41) is 6.24. The molecule has 0 fully saturated rings. The van der Waals surface area contributed by atoms with Crippen molar-refractivity contribution in [1.29, 1.82) is 0 Å². The van der Waals surface area contributed by atoms with Crippen LogP contribution in [0.15, 0.2) is 0 Å². The summed E-state index contributed by atoms with van der Waals surface area (Å²) in [7, 11) is 0. The van der Waals surface area contributed by atoms with E-state index in [0.29, 0.717) is 6.04 Å². The minimum atomic E-state index is -0.103. The van der Waals surface area contributed by atoms with E-state index < -0.39 is 0 Å². The second-order valence-corrected chi connectivity index (χ2v) is 4.42. The number of hydrogen-bond acceptors (Lipinski definition) is 2. The van der Waals surface area contributed by atoms with Gasteiger partial charge in [-0.25, -0.2) is 0 Å². The van der Waals surface area contributed by atoms with Crippen LogP contribution in [0.1, 0.15) is 41.0 Å². The molecule has 0 atom stereocenters. The lowest BCUT2D eigenvalue weighted by molar-refractivity contribution is -0.120. The minimum Gasteiger partial charge on any atom is -0.351 e. The van der Waals surface area contributed by atoms with Crippen LogP contribution in [0.3, 0.4) is 0 Å². The van der Waals surface area contributed by atoms with E-state index >= 15 is 0 Å². The van der Waals surface area contributed by atoms with Gasteiger partial charge in [0, 0.05) is 18.5 Å². The quantitative estimate of drug-likeness (QED) is 0.679. The smallest absolute Gasteiger partial charge is 0.217 e. The highest BCUT2D eigenvalue weighted by atomic mass is 16.1. The molecule has 3 heteroatoms. The molecule has 0 spiro atoms. The number of hydrogen-bond donors (Lipinski definition) is 2. The van der Waals surface area contributed by atoms with Crippen molar-refractivity contribution in [2.75, 3.05) is 6.54 Å². The van der Waals surface area contributed by atoms with Crippen molar-refractivity contribution in [2.45, 2.75) is 52.6 Å². The van der Waals surface area contributed by atoms with Gasteiger partial charge in [-0.2, -0.15) is 0 Å². The lowest BCUT2D eigenvalue weighted by Crippen LogP contribution is -2.44. The van der Waals surface area contributed by atoms with Gasteiger partial charge in [-0.1, -0.05) is 13.8 Å². The van der Waals surface area contributed by atoms with Crippen molar-refractivity contribution in [2.24, 2.45) is 0 Å². The van der Waals surface area contributed by atoms with E-state index in [0.717, 1.165) is 13.0 Å². The van der Waals surface area contributed by atoms with Gasteiger partial charge in [0.25, 0.3) is 0 Å². The summed E-state index contributed by atoms with van der Waals surface area (Å²) in [6.07, 6.45) is 0.949. The predicted molar refractivity (Wildman–Crippen MR) is 55.7 cm³/mol. The normalized spacial score (nSPS) is 11.8. The molecule has 78 valence electrons. The van der Waals surface area contributed by atoms with Crippen LogP contribution in [0, 0.1) is 0 Å². The first-order valence-corrected chi connectivity index (χ1v) is 4.85. The number of nitrogens with one attached hydrogen (secondary N) is 2. The Bertz CT molecular complexity index is 164. The Hall–Kier alpha value is -0.570. The number of carbonyl (C=O) groups is 1. The molecule has 1 amide bonds. The summed E-state index contributed by atoms with van der Waals surface area (Å²) in [5.74, 6) is 0.0366. The molecule has 0 saturated heterocycles. The zero-order valence-electron chi connectivity index (χ0n) is 9.40. The highest BCUT2D eigenvalue weighted by Crippen LogP contribution is 2.06. The third-order valence-corrected chi connectivity index (χ3v) is 1.82. The van der Waals surface area contributed by atoms with Crippen LogP contribution >= 0.6 is 0 Å². The van der Waals surface area contributed by atoms with Crippen LogP contribution in [0.5, 0.6) is 0 Å². The van der Waals surface area contributed by atoms with E-state index in [1.165, 1.54) is 0 Å². The first-order chi connectivity index (χ1) is 5.83. The van der Waals surface area contributed by atoms with Gasteiger partial charge in [0.15, 0.2) is 0 Å². The first-order valence-electron chi connectivity index (χ1n) is 4.85. The Balaban J connectivity index is 3.69. The average Bonchev–Trinajstić information content (AvgIpc) is 1.81. The maximum Gasteiger partial charge on any atom is 0.217 e. The highest BCUT2D eigenvalue weighted by Gasteiger charge is 2.17. The molecule has 0 aliphatic rings. The third-order valence-electron chi connectivity index (χ3n) is 1.82. The van der Waals surface area contributed by atoms with Crippen LogP contribution in [-0.2, 0) is 4.79 Å². The van der Waals surface area contributed by atoms with Gasteiger partial charge in [-0.15, -0.1) is 0 Å². The van der Waals surface area contributed by atoms with E-state index in [-0.39, 0.29) is 11.4 Å². The summed E-state index contributed by atoms with van der Waals surface area (Å²) in [4.78, 5) is 10.8.